The highest BCUT2D eigenvalue weighted by Gasteiger charge is 2.27. The third-order valence-corrected chi connectivity index (χ3v) is 5.66. The van der Waals surface area contributed by atoms with Crippen molar-refractivity contribution in [2.24, 2.45) is 0 Å². The van der Waals surface area contributed by atoms with Crippen molar-refractivity contribution in [3.63, 3.8) is 0 Å². The fraction of sp³-hybridized carbons (Fsp3) is 0.438. The van der Waals surface area contributed by atoms with Crippen LogP contribution in [0, 0.1) is 0 Å². The molecule has 1 aromatic heterocycles. The summed E-state index contributed by atoms with van der Waals surface area (Å²) < 4.78 is 23.6. The zero-order valence-electron chi connectivity index (χ0n) is 11.7. The first-order valence-electron chi connectivity index (χ1n) is 7.37. The van der Waals surface area contributed by atoms with Gasteiger partial charge in [-0.1, -0.05) is 6.42 Å². The Balaban J connectivity index is 1.54. The van der Waals surface area contributed by atoms with Gasteiger partial charge in [-0.05, 0) is 36.6 Å². The maximum absolute atomic E-state index is 12.6. The van der Waals surface area contributed by atoms with E-state index in [1.807, 2.05) is 18.2 Å². The summed E-state index contributed by atoms with van der Waals surface area (Å²) in [6.45, 7) is 0.723. The summed E-state index contributed by atoms with van der Waals surface area (Å²) in [5.74, 6) is 2.78. The number of aromatic nitrogens is 1. The molecule has 0 bridgehead atoms. The van der Waals surface area contributed by atoms with Crippen molar-refractivity contribution < 1.29 is 13.4 Å². The van der Waals surface area contributed by atoms with Crippen LogP contribution in [0.3, 0.4) is 0 Å². The molecule has 1 fully saturated rings. The number of benzene rings is 1. The maximum Gasteiger partial charge on any atom is 0.181 e. The van der Waals surface area contributed by atoms with Crippen molar-refractivity contribution in [1.82, 2.24) is 4.98 Å². The fourth-order valence-electron chi connectivity index (χ4n) is 2.90. The van der Waals surface area contributed by atoms with Crippen LogP contribution in [0.25, 0.3) is 0 Å². The van der Waals surface area contributed by atoms with Crippen LogP contribution in [0.15, 0.2) is 33.9 Å². The van der Waals surface area contributed by atoms with E-state index in [2.05, 4.69) is 4.98 Å². The molecule has 0 saturated heterocycles. The van der Waals surface area contributed by atoms with Gasteiger partial charge in [0, 0.05) is 17.2 Å². The lowest BCUT2D eigenvalue weighted by Gasteiger charge is -2.23. The van der Waals surface area contributed by atoms with Gasteiger partial charge in [0.05, 0.1) is 28.9 Å². The maximum atomic E-state index is 12.6. The molecule has 1 atom stereocenters. The van der Waals surface area contributed by atoms with Crippen molar-refractivity contribution in [2.75, 3.05) is 6.61 Å². The summed E-state index contributed by atoms with van der Waals surface area (Å²) in [5, 5.41) is 0. The number of ether oxygens (including phenoxy) is 1. The van der Waals surface area contributed by atoms with Crippen LogP contribution in [0.5, 0.6) is 5.75 Å². The molecule has 2 aromatic rings. The smallest absolute Gasteiger partial charge is 0.181 e. The van der Waals surface area contributed by atoms with E-state index in [0.29, 0.717) is 11.7 Å². The molecule has 1 aliphatic carbocycles. The predicted molar refractivity (Wildman–Crippen MR) is 78.8 cm³/mol. The Hall–Kier alpha value is -1.62. The quantitative estimate of drug-likeness (QED) is 0.870. The topological polar surface area (TPSA) is 52.3 Å². The molecule has 5 heteroatoms. The van der Waals surface area contributed by atoms with E-state index in [9.17, 15) is 4.21 Å². The Bertz CT molecular complexity index is 691. The Kier molecular flexibility index (Phi) is 3.30. The lowest BCUT2D eigenvalue weighted by Crippen LogP contribution is -2.11. The highest BCUT2D eigenvalue weighted by molar-refractivity contribution is 7.84. The first kappa shape index (κ1) is 13.1. The second-order valence-corrected chi connectivity index (χ2v) is 7.10. The molecule has 21 heavy (non-hydrogen) atoms. The zero-order chi connectivity index (χ0) is 14.2. The van der Waals surface area contributed by atoms with E-state index in [0.717, 1.165) is 53.5 Å². The molecule has 0 radical (unpaired) electrons. The predicted octanol–water partition coefficient (Wildman–Crippen LogP) is 3.18. The van der Waals surface area contributed by atoms with E-state index in [-0.39, 0.29) is 0 Å². The van der Waals surface area contributed by atoms with Crippen molar-refractivity contribution in [1.29, 1.82) is 0 Å². The number of nitrogens with zero attached hydrogens (tertiary/aromatic N) is 1. The van der Waals surface area contributed by atoms with Gasteiger partial charge in [0.1, 0.15) is 11.5 Å². The minimum Gasteiger partial charge on any atom is -0.493 e. The molecular weight excluding hydrogens is 286 g/mol. The van der Waals surface area contributed by atoms with E-state index in [1.54, 1.807) is 0 Å². The molecule has 110 valence electrons. The summed E-state index contributed by atoms with van der Waals surface area (Å²) in [7, 11) is -1.09. The molecule has 1 unspecified atom stereocenters. The molecule has 2 heterocycles. The molecule has 2 aliphatic rings. The van der Waals surface area contributed by atoms with Crippen LogP contribution in [0.4, 0.5) is 0 Å². The summed E-state index contributed by atoms with van der Waals surface area (Å²) in [6.07, 6.45) is 5.95. The normalized spacial score (nSPS) is 18.9. The van der Waals surface area contributed by atoms with Gasteiger partial charge in [-0.3, -0.25) is 4.21 Å². The van der Waals surface area contributed by atoms with Gasteiger partial charge in [0.25, 0.3) is 0 Å². The highest BCUT2D eigenvalue weighted by atomic mass is 32.2. The lowest BCUT2D eigenvalue weighted by atomic mass is 9.83. The van der Waals surface area contributed by atoms with Crippen LogP contribution in [-0.2, 0) is 23.0 Å². The third kappa shape index (κ3) is 2.39. The summed E-state index contributed by atoms with van der Waals surface area (Å²) in [4.78, 5) is 5.12. The number of fused-ring (bicyclic) bond motifs is 1. The van der Waals surface area contributed by atoms with Crippen LogP contribution >= 0.6 is 0 Å². The average Bonchev–Trinajstić information content (AvgIpc) is 3.05. The van der Waals surface area contributed by atoms with Crippen LogP contribution in [0.1, 0.15) is 42.2 Å². The van der Waals surface area contributed by atoms with Gasteiger partial charge in [0.2, 0.25) is 0 Å². The second-order valence-electron chi connectivity index (χ2n) is 5.65. The van der Waals surface area contributed by atoms with Gasteiger partial charge in [-0.25, -0.2) is 4.98 Å². The Morgan fingerprint density at radius 1 is 1.33 bits per heavy atom. The van der Waals surface area contributed by atoms with Gasteiger partial charge in [-0.2, -0.15) is 0 Å². The molecule has 1 aliphatic heterocycles. The molecule has 1 aromatic carbocycles. The zero-order valence-corrected chi connectivity index (χ0v) is 12.5. The molecule has 4 rings (SSSR count). The molecule has 0 N–H and O–H groups in total. The summed E-state index contributed by atoms with van der Waals surface area (Å²) in [5.41, 5.74) is 2.01. The van der Waals surface area contributed by atoms with E-state index < -0.39 is 10.8 Å². The van der Waals surface area contributed by atoms with Crippen molar-refractivity contribution >= 4 is 10.8 Å². The first-order chi connectivity index (χ1) is 10.3. The third-order valence-electron chi connectivity index (χ3n) is 4.34. The van der Waals surface area contributed by atoms with Crippen LogP contribution < -0.4 is 4.74 Å². The Labute approximate surface area is 126 Å². The van der Waals surface area contributed by atoms with Crippen LogP contribution in [-0.4, -0.2) is 15.8 Å². The first-order valence-corrected chi connectivity index (χ1v) is 8.69. The van der Waals surface area contributed by atoms with Crippen molar-refractivity contribution in [2.45, 2.75) is 42.2 Å². The van der Waals surface area contributed by atoms with Gasteiger partial charge >= 0.3 is 0 Å². The summed E-state index contributed by atoms with van der Waals surface area (Å²) in [6, 6.07) is 5.82. The van der Waals surface area contributed by atoms with Gasteiger partial charge in [0.15, 0.2) is 6.39 Å². The van der Waals surface area contributed by atoms with Crippen molar-refractivity contribution in [3.05, 3.63) is 41.6 Å². The molecule has 4 nitrogen and oxygen atoms in total. The molecule has 0 amide bonds. The van der Waals surface area contributed by atoms with E-state index in [1.165, 1.54) is 12.8 Å². The van der Waals surface area contributed by atoms with Crippen molar-refractivity contribution in [3.8, 4) is 5.75 Å². The Morgan fingerprint density at radius 3 is 3.05 bits per heavy atom. The number of oxazole rings is 1. The van der Waals surface area contributed by atoms with E-state index in [4.69, 9.17) is 9.15 Å². The summed E-state index contributed by atoms with van der Waals surface area (Å²) >= 11 is 0. The number of hydrogen-bond donors (Lipinski definition) is 0. The van der Waals surface area contributed by atoms with Gasteiger partial charge in [-0.15, -0.1) is 0 Å². The average molecular weight is 303 g/mol. The monoisotopic (exact) mass is 303 g/mol. The Morgan fingerprint density at radius 2 is 2.24 bits per heavy atom. The lowest BCUT2D eigenvalue weighted by molar-refractivity contribution is 0.344. The highest BCUT2D eigenvalue weighted by Crippen LogP contribution is 2.38. The SMILES string of the molecule is O=S(Cc1ncoc1C1CCC1)c1ccc2c(c1)CCO2. The molecule has 0 spiro atoms. The van der Waals surface area contributed by atoms with E-state index >= 15 is 0 Å². The van der Waals surface area contributed by atoms with Gasteiger partial charge < -0.3 is 9.15 Å². The largest absolute Gasteiger partial charge is 0.493 e. The standard InChI is InChI=1S/C16H17NO3S/c18-21(13-4-5-15-12(8-13)6-7-19-15)9-14-16(20-10-17-14)11-2-1-3-11/h4-5,8,10-11H,1-3,6-7,9H2. The fourth-order valence-corrected chi connectivity index (χ4v) is 4.03. The minimum atomic E-state index is -1.09. The molecular formula is C16H17NO3S. The number of rotatable bonds is 4. The van der Waals surface area contributed by atoms with Crippen LogP contribution in [0.2, 0.25) is 0 Å². The number of hydrogen-bond acceptors (Lipinski definition) is 4. The molecule has 1 saturated carbocycles. The second kappa shape index (κ2) is 5.30. The minimum absolute atomic E-state index is 0.433.